The Balaban J connectivity index is 1.39. The van der Waals surface area contributed by atoms with Gasteiger partial charge in [-0.05, 0) is 55.3 Å². The number of halogens is 1. The molecule has 2 unspecified atom stereocenters. The number of carbonyl (C=O) groups excluding carboxylic acids is 3. The largest absolute Gasteiger partial charge is 0.480 e. The molecule has 0 radical (unpaired) electrons. The molecule has 2 aliphatic heterocycles. The van der Waals surface area contributed by atoms with Gasteiger partial charge in [-0.1, -0.05) is 23.7 Å². The SMILES string of the molecule is CC(CC(=O)NC(C(=O)N[C@@H]1C(=O)N2[C@@H]1SC(C)(C)[C@@H]2C(=O)O)c1ccsc1)NC(=N)c1ccccc1Cl. The number of hydrogen-bond donors (Lipinski definition) is 5. The summed E-state index contributed by atoms with van der Waals surface area (Å²) in [5.74, 6) is -2.45. The van der Waals surface area contributed by atoms with E-state index < -0.39 is 58.0 Å². The van der Waals surface area contributed by atoms with E-state index >= 15 is 0 Å². The van der Waals surface area contributed by atoms with Gasteiger partial charge in [0.1, 0.15) is 29.3 Å². The van der Waals surface area contributed by atoms with Crippen molar-refractivity contribution in [1.29, 1.82) is 5.41 Å². The normalized spacial score (nSPS) is 23.0. The molecular weight excluding hydrogens is 550 g/mol. The second-order valence-electron chi connectivity index (χ2n) is 9.75. The Kier molecular flexibility index (Phi) is 8.05. The van der Waals surface area contributed by atoms with Crippen LogP contribution in [0.4, 0.5) is 0 Å². The van der Waals surface area contributed by atoms with Crippen LogP contribution in [0.5, 0.6) is 0 Å². The molecule has 13 heteroatoms. The summed E-state index contributed by atoms with van der Waals surface area (Å²) < 4.78 is -0.715. The number of aliphatic carboxylic acids is 1. The summed E-state index contributed by atoms with van der Waals surface area (Å²) in [7, 11) is 0. The highest BCUT2D eigenvalue weighted by Gasteiger charge is 2.64. The second kappa shape index (κ2) is 11.0. The van der Waals surface area contributed by atoms with Gasteiger partial charge < -0.3 is 26.0 Å². The lowest BCUT2D eigenvalue weighted by molar-refractivity contribution is -0.161. The molecular formula is C25H28ClN5O5S2. The van der Waals surface area contributed by atoms with Gasteiger partial charge >= 0.3 is 5.97 Å². The maximum absolute atomic E-state index is 13.3. The van der Waals surface area contributed by atoms with Gasteiger partial charge in [0, 0.05) is 22.8 Å². The van der Waals surface area contributed by atoms with Crippen molar-refractivity contribution in [3.63, 3.8) is 0 Å². The number of β-lactam (4-membered cyclic amide) rings is 1. The zero-order valence-electron chi connectivity index (χ0n) is 20.9. The number of carbonyl (C=O) groups is 4. The molecule has 0 bridgehead atoms. The summed E-state index contributed by atoms with van der Waals surface area (Å²) in [6.07, 6.45) is -0.0240. The van der Waals surface area contributed by atoms with Gasteiger partial charge in [-0.25, -0.2) is 4.79 Å². The van der Waals surface area contributed by atoms with Crippen molar-refractivity contribution in [3.8, 4) is 0 Å². The maximum Gasteiger partial charge on any atom is 0.327 e. The molecule has 4 rings (SSSR count). The fourth-order valence-electron chi connectivity index (χ4n) is 4.66. The van der Waals surface area contributed by atoms with Crippen LogP contribution in [0.25, 0.3) is 0 Å². The fourth-order valence-corrected chi connectivity index (χ4v) is 7.20. The highest BCUT2D eigenvalue weighted by molar-refractivity contribution is 8.01. The third kappa shape index (κ3) is 5.52. The van der Waals surface area contributed by atoms with Crippen molar-refractivity contribution in [1.82, 2.24) is 20.9 Å². The lowest BCUT2D eigenvalue weighted by Gasteiger charge is -2.44. The van der Waals surface area contributed by atoms with Gasteiger partial charge in [0.2, 0.25) is 17.7 Å². The molecule has 0 spiro atoms. The molecule has 1 aromatic heterocycles. The van der Waals surface area contributed by atoms with Crippen LogP contribution < -0.4 is 16.0 Å². The summed E-state index contributed by atoms with van der Waals surface area (Å²) in [6.45, 7) is 5.26. The smallest absolute Gasteiger partial charge is 0.327 e. The van der Waals surface area contributed by atoms with Crippen LogP contribution >= 0.6 is 34.7 Å². The van der Waals surface area contributed by atoms with E-state index in [9.17, 15) is 24.3 Å². The minimum atomic E-state index is -1.09. The molecule has 3 heterocycles. The number of nitrogens with one attached hydrogen (secondary N) is 4. The third-order valence-electron chi connectivity index (χ3n) is 6.44. The van der Waals surface area contributed by atoms with Crippen LogP contribution in [0.3, 0.4) is 0 Å². The standard InChI is InChI=1S/C25H28ClN5O5S2/c1-12(28-20(27)14-6-4-5-7-15(14)26)10-16(32)29-17(13-8-9-37-11-13)21(33)30-18-22(34)31-19(24(35)36)25(2,3)38-23(18)31/h4-9,11-12,17-19,23H,10H2,1-3H3,(H2,27,28)(H,29,32)(H,30,33)(H,35,36)/t12?,17?,18-,19+,23-/m1/s1. The first-order valence-electron chi connectivity index (χ1n) is 11.9. The Morgan fingerprint density at radius 2 is 1.92 bits per heavy atom. The number of carboxylic acid groups (broad SMARTS) is 1. The van der Waals surface area contributed by atoms with Gasteiger partial charge in [0.05, 0.1) is 5.02 Å². The van der Waals surface area contributed by atoms with Crippen molar-refractivity contribution >= 4 is 64.2 Å². The molecule has 5 N–H and O–H groups in total. The molecule has 202 valence electrons. The highest BCUT2D eigenvalue weighted by Crippen LogP contribution is 2.50. The quantitative estimate of drug-likeness (QED) is 0.174. The summed E-state index contributed by atoms with van der Waals surface area (Å²) in [4.78, 5) is 52.1. The zero-order valence-corrected chi connectivity index (χ0v) is 23.2. The van der Waals surface area contributed by atoms with Crippen LogP contribution in [-0.2, 0) is 19.2 Å². The van der Waals surface area contributed by atoms with Crippen LogP contribution in [0.2, 0.25) is 5.02 Å². The number of carboxylic acids is 1. The van der Waals surface area contributed by atoms with Crippen molar-refractivity contribution in [2.45, 2.75) is 61.5 Å². The average molecular weight is 578 g/mol. The van der Waals surface area contributed by atoms with E-state index in [1.54, 1.807) is 61.9 Å². The van der Waals surface area contributed by atoms with E-state index in [1.807, 2.05) is 0 Å². The maximum atomic E-state index is 13.3. The van der Waals surface area contributed by atoms with Crippen molar-refractivity contribution in [2.24, 2.45) is 0 Å². The Morgan fingerprint density at radius 3 is 2.55 bits per heavy atom. The number of thioether (sulfide) groups is 1. The van der Waals surface area contributed by atoms with Crippen molar-refractivity contribution < 1.29 is 24.3 Å². The molecule has 2 aromatic rings. The minimum Gasteiger partial charge on any atom is -0.480 e. The van der Waals surface area contributed by atoms with Gasteiger partial charge in [-0.15, -0.1) is 11.8 Å². The van der Waals surface area contributed by atoms with Gasteiger partial charge in [0.25, 0.3) is 0 Å². The fraction of sp³-hybridized carbons (Fsp3) is 0.400. The summed E-state index contributed by atoms with van der Waals surface area (Å²) >= 11 is 8.84. The van der Waals surface area contributed by atoms with Crippen LogP contribution in [0.1, 0.15) is 44.4 Å². The number of rotatable bonds is 9. The monoisotopic (exact) mass is 577 g/mol. The number of fused-ring (bicyclic) bond motifs is 1. The van der Waals surface area contributed by atoms with Crippen molar-refractivity contribution in [3.05, 3.63) is 57.2 Å². The lowest BCUT2D eigenvalue weighted by atomic mass is 9.95. The van der Waals surface area contributed by atoms with E-state index in [0.717, 1.165) is 0 Å². The van der Waals surface area contributed by atoms with Gasteiger partial charge in [0.15, 0.2) is 0 Å². The zero-order chi connectivity index (χ0) is 27.8. The first-order valence-corrected chi connectivity index (χ1v) is 14.1. The van der Waals surface area contributed by atoms with Crippen LogP contribution in [-0.4, -0.2) is 67.8 Å². The number of hydrogen-bond acceptors (Lipinski definition) is 7. The molecule has 3 amide bonds. The van der Waals surface area contributed by atoms with Gasteiger partial charge in [-0.3, -0.25) is 19.8 Å². The van der Waals surface area contributed by atoms with Gasteiger partial charge in [-0.2, -0.15) is 11.3 Å². The molecule has 10 nitrogen and oxygen atoms in total. The average Bonchev–Trinajstić information content (AvgIpc) is 3.45. The summed E-state index contributed by atoms with van der Waals surface area (Å²) in [5, 5.41) is 29.7. The Labute approximate surface area is 233 Å². The highest BCUT2D eigenvalue weighted by atomic mass is 35.5. The first-order chi connectivity index (χ1) is 17.9. The molecule has 0 aliphatic carbocycles. The minimum absolute atomic E-state index is 0.0240. The van der Waals surface area contributed by atoms with Crippen molar-refractivity contribution in [2.75, 3.05) is 0 Å². The van der Waals surface area contributed by atoms with E-state index in [1.165, 1.54) is 28.0 Å². The second-order valence-corrected chi connectivity index (χ2v) is 12.7. The number of benzene rings is 1. The Hall–Kier alpha value is -3.09. The molecule has 0 saturated carbocycles. The lowest BCUT2D eigenvalue weighted by Crippen LogP contribution is -2.71. The number of amides is 3. The Bertz CT molecular complexity index is 1270. The summed E-state index contributed by atoms with van der Waals surface area (Å²) in [6, 6.07) is 5.27. The van der Waals surface area contributed by atoms with Crippen LogP contribution in [0, 0.1) is 5.41 Å². The number of nitrogens with zero attached hydrogens (tertiary/aromatic N) is 1. The third-order valence-corrected chi connectivity index (χ3v) is 9.04. The molecule has 5 atom stereocenters. The number of thiophene rings is 1. The van der Waals surface area contributed by atoms with Crippen LogP contribution in [0.15, 0.2) is 41.1 Å². The van der Waals surface area contributed by atoms with E-state index in [-0.39, 0.29) is 12.3 Å². The molecule has 38 heavy (non-hydrogen) atoms. The Morgan fingerprint density at radius 1 is 1.21 bits per heavy atom. The predicted octanol–water partition coefficient (Wildman–Crippen LogP) is 2.58. The predicted molar refractivity (Wildman–Crippen MR) is 146 cm³/mol. The number of amidine groups is 1. The topological polar surface area (TPSA) is 152 Å². The molecule has 2 saturated heterocycles. The molecule has 2 aliphatic rings. The van der Waals surface area contributed by atoms with E-state index in [4.69, 9.17) is 17.0 Å². The van der Waals surface area contributed by atoms with E-state index in [2.05, 4.69) is 16.0 Å². The molecule has 2 fully saturated rings. The van der Waals surface area contributed by atoms with E-state index in [0.29, 0.717) is 16.1 Å². The molecule has 1 aromatic carbocycles. The summed E-state index contributed by atoms with van der Waals surface area (Å²) in [5.41, 5.74) is 1.07. The first kappa shape index (κ1) is 27.9.